The topological polar surface area (TPSA) is 99.1 Å². The normalized spacial score (nSPS) is 13.3. The van der Waals surface area contributed by atoms with Crippen molar-refractivity contribution < 1.29 is 38.2 Å². The van der Waals surface area contributed by atoms with Crippen LogP contribution in [0.3, 0.4) is 0 Å². The molecule has 0 aliphatic heterocycles. The summed E-state index contributed by atoms with van der Waals surface area (Å²) >= 11 is 0. The Bertz CT molecular complexity index is 1110. The lowest BCUT2D eigenvalue weighted by atomic mass is 10.0. The Kier molecular flexibility index (Phi) is 40.1. The number of likely N-dealkylation sites (N-methyl/N-ethyl adjacent to an activating group) is 1. The molecule has 0 aromatic rings. The number of carboxylic acids is 1. The van der Waals surface area contributed by atoms with Gasteiger partial charge < -0.3 is 23.8 Å². The van der Waals surface area contributed by atoms with Gasteiger partial charge in [-0.25, -0.2) is 4.79 Å². The molecule has 0 saturated carbocycles. The Morgan fingerprint density at radius 2 is 0.949 bits per heavy atom. The fraction of sp³-hybridized carbons (Fsp3) is 0.784. The number of carbonyl (C=O) groups is 3. The molecule has 0 aliphatic rings. The zero-order valence-corrected chi connectivity index (χ0v) is 39.0. The summed E-state index contributed by atoms with van der Waals surface area (Å²) in [6.45, 7) is 4.63. The third-order valence-electron chi connectivity index (χ3n) is 10.7. The first kappa shape index (κ1) is 56.3. The van der Waals surface area contributed by atoms with Gasteiger partial charge in [-0.2, -0.15) is 0 Å². The Hall–Kier alpha value is -2.71. The molecule has 8 nitrogen and oxygen atoms in total. The number of nitrogens with zero attached hydrogens (tertiary/aromatic N) is 1. The van der Waals surface area contributed by atoms with Gasteiger partial charge in [-0.15, -0.1) is 0 Å². The number of hydrogen-bond donors (Lipinski definition) is 1. The van der Waals surface area contributed by atoms with Crippen molar-refractivity contribution in [3.05, 3.63) is 48.6 Å². The van der Waals surface area contributed by atoms with Crippen LogP contribution in [0.2, 0.25) is 0 Å². The standard InChI is InChI=1S/C51H91NO7/c1-6-8-10-12-14-16-18-20-21-22-23-24-25-26-27-28-29-30-32-33-35-37-39-41-49(53)58-46-47(45-57-44-43-48(51(55)56)52(3,4)5)59-50(54)42-40-38-36-34-31-19-17-15-13-11-9-7-2/h8,10,14,16,20-21,23-24,47-48H,6-7,9,11-13,15,17-19,22,25-46H2,1-5H3/p+1/b10-8+,16-14+,21-20+,24-23+. The highest BCUT2D eigenvalue weighted by molar-refractivity contribution is 5.72. The smallest absolute Gasteiger partial charge is 0.362 e. The SMILES string of the molecule is CC/C=C/C/C=C/C/C=C/C/C=C/CCCCCCCCCCCCC(=O)OCC(COCCC(C(=O)O)[N+](C)(C)C)OC(=O)CCCCCCCCCCCCCC. The molecule has 0 fully saturated rings. The lowest BCUT2D eigenvalue weighted by Crippen LogP contribution is -2.50. The van der Waals surface area contributed by atoms with Crippen molar-refractivity contribution in [3.8, 4) is 0 Å². The van der Waals surface area contributed by atoms with E-state index in [2.05, 4.69) is 62.5 Å². The first-order chi connectivity index (χ1) is 28.6. The molecule has 0 radical (unpaired) electrons. The third kappa shape index (κ3) is 40.5. The first-order valence-electron chi connectivity index (χ1n) is 24.2. The second kappa shape index (κ2) is 42.0. The fourth-order valence-corrected chi connectivity index (χ4v) is 7.02. The highest BCUT2D eigenvalue weighted by Gasteiger charge is 2.31. The van der Waals surface area contributed by atoms with E-state index >= 15 is 0 Å². The van der Waals surface area contributed by atoms with E-state index in [0.29, 0.717) is 19.3 Å². The van der Waals surface area contributed by atoms with Gasteiger partial charge in [0.2, 0.25) is 0 Å². The maximum atomic E-state index is 12.7. The third-order valence-corrected chi connectivity index (χ3v) is 10.7. The van der Waals surface area contributed by atoms with E-state index in [1.807, 2.05) is 21.1 Å². The van der Waals surface area contributed by atoms with Crippen LogP contribution in [0.15, 0.2) is 48.6 Å². The molecule has 0 aliphatic carbocycles. The molecule has 2 atom stereocenters. The molecule has 0 spiro atoms. The minimum Gasteiger partial charge on any atom is -0.477 e. The van der Waals surface area contributed by atoms with Crippen LogP contribution in [-0.2, 0) is 28.6 Å². The summed E-state index contributed by atoms with van der Waals surface area (Å²) in [7, 11) is 5.53. The van der Waals surface area contributed by atoms with Crippen LogP contribution in [0.25, 0.3) is 0 Å². The minimum absolute atomic E-state index is 0.0514. The predicted octanol–water partition coefficient (Wildman–Crippen LogP) is 13.6. The number of unbranched alkanes of at least 4 members (excludes halogenated alkanes) is 21. The Morgan fingerprint density at radius 3 is 1.41 bits per heavy atom. The molecule has 0 heterocycles. The molecule has 0 aromatic heterocycles. The van der Waals surface area contributed by atoms with Crippen LogP contribution < -0.4 is 0 Å². The summed E-state index contributed by atoms with van der Waals surface area (Å²) < 4.78 is 17.3. The summed E-state index contributed by atoms with van der Waals surface area (Å²) in [6.07, 6.45) is 50.1. The van der Waals surface area contributed by atoms with E-state index in [-0.39, 0.29) is 36.2 Å². The summed E-state index contributed by atoms with van der Waals surface area (Å²) in [5, 5.41) is 9.63. The summed E-state index contributed by atoms with van der Waals surface area (Å²) in [6, 6.07) is -0.614. The van der Waals surface area contributed by atoms with E-state index in [0.717, 1.165) is 64.2 Å². The van der Waals surface area contributed by atoms with Gasteiger partial charge in [0.25, 0.3) is 0 Å². The van der Waals surface area contributed by atoms with E-state index in [4.69, 9.17) is 14.2 Å². The van der Waals surface area contributed by atoms with Crippen LogP contribution in [0.4, 0.5) is 0 Å². The number of ether oxygens (including phenoxy) is 3. The van der Waals surface area contributed by atoms with Gasteiger partial charge in [-0.3, -0.25) is 9.59 Å². The number of carboxylic acid groups (broad SMARTS) is 1. The van der Waals surface area contributed by atoms with Gasteiger partial charge in [0.1, 0.15) is 6.61 Å². The number of esters is 2. The highest BCUT2D eigenvalue weighted by atomic mass is 16.6. The number of quaternary nitrogens is 1. The van der Waals surface area contributed by atoms with Crippen LogP contribution in [0, 0.1) is 0 Å². The van der Waals surface area contributed by atoms with Gasteiger partial charge in [-0.05, 0) is 51.4 Å². The number of aliphatic carboxylic acids is 1. The van der Waals surface area contributed by atoms with Crippen molar-refractivity contribution in [1.82, 2.24) is 0 Å². The summed E-state index contributed by atoms with van der Waals surface area (Å²) in [5.74, 6) is -1.47. The van der Waals surface area contributed by atoms with Crippen molar-refractivity contribution in [1.29, 1.82) is 0 Å². The maximum Gasteiger partial charge on any atom is 0.362 e. The monoisotopic (exact) mass is 831 g/mol. The Labute approximate surface area is 363 Å². The first-order valence-corrected chi connectivity index (χ1v) is 24.2. The fourth-order valence-electron chi connectivity index (χ4n) is 7.02. The van der Waals surface area contributed by atoms with Crippen LogP contribution >= 0.6 is 0 Å². The largest absolute Gasteiger partial charge is 0.477 e. The maximum absolute atomic E-state index is 12.7. The summed E-state index contributed by atoms with van der Waals surface area (Å²) in [5.41, 5.74) is 0. The van der Waals surface area contributed by atoms with Crippen molar-refractivity contribution in [3.63, 3.8) is 0 Å². The van der Waals surface area contributed by atoms with Gasteiger partial charge >= 0.3 is 17.9 Å². The average molecular weight is 831 g/mol. The van der Waals surface area contributed by atoms with Crippen LogP contribution in [0.1, 0.15) is 206 Å². The molecule has 0 rings (SSSR count). The number of carbonyl (C=O) groups excluding carboxylic acids is 2. The lowest BCUT2D eigenvalue weighted by Gasteiger charge is -2.31. The van der Waals surface area contributed by atoms with E-state index in [1.54, 1.807) is 0 Å². The highest BCUT2D eigenvalue weighted by Crippen LogP contribution is 2.15. The van der Waals surface area contributed by atoms with Gasteiger partial charge in [-0.1, -0.05) is 184 Å². The molecule has 342 valence electrons. The second-order valence-corrected chi connectivity index (χ2v) is 17.3. The van der Waals surface area contributed by atoms with E-state index in [1.165, 1.54) is 109 Å². The number of allylic oxidation sites excluding steroid dienone is 8. The Balaban J connectivity index is 4.20. The molecule has 2 unspecified atom stereocenters. The van der Waals surface area contributed by atoms with Crippen LogP contribution in [-0.4, -0.2) is 80.6 Å². The van der Waals surface area contributed by atoms with Gasteiger partial charge in [0.05, 0.1) is 34.4 Å². The van der Waals surface area contributed by atoms with Crippen molar-refractivity contribution in [2.24, 2.45) is 0 Å². The molecular weight excluding hydrogens is 739 g/mol. The van der Waals surface area contributed by atoms with Crippen molar-refractivity contribution >= 4 is 17.9 Å². The molecular formula is C51H92NO7+. The predicted molar refractivity (Wildman–Crippen MR) is 248 cm³/mol. The quantitative estimate of drug-likeness (QED) is 0.0283. The van der Waals surface area contributed by atoms with Crippen molar-refractivity contribution in [2.45, 2.75) is 219 Å². The second-order valence-electron chi connectivity index (χ2n) is 17.3. The zero-order valence-electron chi connectivity index (χ0n) is 39.0. The number of hydrogen-bond acceptors (Lipinski definition) is 6. The minimum atomic E-state index is -0.875. The molecule has 0 bridgehead atoms. The van der Waals surface area contributed by atoms with E-state index < -0.39 is 18.1 Å². The number of rotatable bonds is 43. The van der Waals surface area contributed by atoms with Crippen molar-refractivity contribution in [2.75, 3.05) is 41.0 Å². The molecule has 0 saturated heterocycles. The zero-order chi connectivity index (χ0) is 43.5. The van der Waals surface area contributed by atoms with Gasteiger partial charge in [0, 0.05) is 19.3 Å². The van der Waals surface area contributed by atoms with Crippen LogP contribution in [0.5, 0.6) is 0 Å². The van der Waals surface area contributed by atoms with Gasteiger partial charge in [0.15, 0.2) is 12.1 Å². The summed E-state index contributed by atoms with van der Waals surface area (Å²) in [4.78, 5) is 37.0. The average Bonchev–Trinajstić information content (AvgIpc) is 3.19. The molecule has 0 amide bonds. The molecule has 0 aromatic carbocycles. The lowest BCUT2D eigenvalue weighted by molar-refractivity contribution is -0.887. The molecule has 1 N–H and O–H groups in total. The Morgan fingerprint density at radius 1 is 0.525 bits per heavy atom. The molecule has 59 heavy (non-hydrogen) atoms. The van der Waals surface area contributed by atoms with E-state index in [9.17, 15) is 19.5 Å². The molecule has 8 heteroatoms.